The summed E-state index contributed by atoms with van der Waals surface area (Å²) in [5.41, 5.74) is 2.78. The van der Waals surface area contributed by atoms with Gasteiger partial charge in [0, 0.05) is 12.0 Å². The predicted octanol–water partition coefficient (Wildman–Crippen LogP) is 4.22. The number of carbonyl (C=O) groups is 2. The molecule has 0 unspecified atom stereocenters. The first-order valence-electron chi connectivity index (χ1n) is 8.85. The summed E-state index contributed by atoms with van der Waals surface area (Å²) in [6.45, 7) is 1.86. The number of fused-ring (bicyclic) bond motifs is 1. The molecule has 1 N–H and O–H groups in total. The maximum absolute atomic E-state index is 12.6. The van der Waals surface area contributed by atoms with E-state index >= 15 is 0 Å². The Balaban J connectivity index is 1.56. The predicted molar refractivity (Wildman–Crippen MR) is 99.3 cm³/mol. The fraction of sp³-hybridized carbons (Fsp3) is 0.182. The summed E-state index contributed by atoms with van der Waals surface area (Å²) in [4.78, 5) is 24.9. The number of rotatable bonds is 4. The van der Waals surface area contributed by atoms with Crippen molar-refractivity contribution in [2.75, 3.05) is 0 Å². The molecule has 0 fully saturated rings. The number of hydrogen-bond donors (Lipinski definition) is 1. The molecule has 5 heteroatoms. The number of carbonyl (C=O) groups excluding carboxylic acids is 2. The van der Waals surface area contributed by atoms with Crippen molar-refractivity contribution in [3.8, 4) is 0 Å². The smallest absolute Gasteiger partial charge is 0.339 e. The molecule has 1 aliphatic heterocycles. The molecule has 2 aromatic carbocycles. The molecule has 27 heavy (non-hydrogen) atoms. The molecule has 0 radical (unpaired) electrons. The highest BCUT2D eigenvalue weighted by molar-refractivity contribution is 5.98. The maximum atomic E-state index is 12.6. The van der Waals surface area contributed by atoms with Gasteiger partial charge >= 0.3 is 5.97 Å². The third kappa shape index (κ3) is 3.49. The number of nitrogens with one attached hydrogen (secondary N) is 1. The molecule has 0 bridgehead atoms. The van der Waals surface area contributed by atoms with Crippen molar-refractivity contribution in [2.45, 2.75) is 25.5 Å². The van der Waals surface area contributed by atoms with Crippen LogP contribution in [0.4, 0.5) is 0 Å². The second-order valence-electron chi connectivity index (χ2n) is 6.59. The quantitative estimate of drug-likeness (QED) is 0.706. The van der Waals surface area contributed by atoms with Crippen LogP contribution < -0.4 is 5.32 Å². The van der Waals surface area contributed by atoms with E-state index in [1.807, 2.05) is 43.3 Å². The van der Waals surface area contributed by atoms with E-state index in [1.165, 1.54) is 0 Å². The molecule has 5 nitrogen and oxygen atoms in total. The Morgan fingerprint density at radius 2 is 1.93 bits per heavy atom. The van der Waals surface area contributed by atoms with Gasteiger partial charge in [-0.1, -0.05) is 30.3 Å². The average molecular weight is 361 g/mol. The zero-order valence-corrected chi connectivity index (χ0v) is 14.8. The fourth-order valence-electron chi connectivity index (χ4n) is 3.28. The lowest BCUT2D eigenvalue weighted by atomic mass is 9.93. The van der Waals surface area contributed by atoms with Crippen LogP contribution in [-0.4, -0.2) is 11.9 Å². The van der Waals surface area contributed by atoms with E-state index in [0.717, 1.165) is 11.1 Å². The molecule has 2 heterocycles. The molecule has 136 valence electrons. The van der Waals surface area contributed by atoms with Crippen molar-refractivity contribution in [2.24, 2.45) is 0 Å². The van der Waals surface area contributed by atoms with E-state index in [4.69, 9.17) is 9.15 Å². The van der Waals surface area contributed by atoms with Crippen molar-refractivity contribution in [1.29, 1.82) is 0 Å². The number of amides is 1. The molecule has 4 rings (SSSR count). The summed E-state index contributed by atoms with van der Waals surface area (Å²) in [5.74, 6) is 0.118. The first-order valence-corrected chi connectivity index (χ1v) is 8.85. The third-order valence-electron chi connectivity index (χ3n) is 4.73. The highest BCUT2D eigenvalue weighted by Gasteiger charge is 2.28. The largest absolute Gasteiger partial charge is 0.467 e. The number of esters is 1. The van der Waals surface area contributed by atoms with Gasteiger partial charge in [-0.25, -0.2) is 4.79 Å². The molecule has 0 aliphatic carbocycles. The Bertz CT molecular complexity index is 963. The van der Waals surface area contributed by atoms with Crippen LogP contribution in [0.5, 0.6) is 0 Å². The van der Waals surface area contributed by atoms with E-state index in [1.54, 1.807) is 30.5 Å². The molecule has 3 aromatic rings. The lowest BCUT2D eigenvalue weighted by Gasteiger charge is -2.25. The summed E-state index contributed by atoms with van der Waals surface area (Å²) in [7, 11) is 0. The van der Waals surface area contributed by atoms with E-state index in [-0.39, 0.29) is 24.0 Å². The van der Waals surface area contributed by atoms with Crippen LogP contribution in [0.1, 0.15) is 56.7 Å². The SMILES string of the molecule is C[C@@H](NC(=O)c1ccc2c(c1)C[C@@H](c1ccccc1)OC2=O)c1ccco1. The zero-order valence-electron chi connectivity index (χ0n) is 14.8. The highest BCUT2D eigenvalue weighted by Crippen LogP contribution is 2.31. The minimum Gasteiger partial charge on any atom is -0.467 e. The van der Waals surface area contributed by atoms with Crippen LogP contribution in [0.25, 0.3) is 0 Å². The van der Waals surface area contributed by atoms with Gasteiger partial charge in [-0.05, 0) is 48.4 Å². The van der Waals surface area contributed by atoms with Crippen molar-refractivity contribution in [1.82, 2.24) is 5.32 Å². The zero-order chi connectivity index (χ0) is 18.8. The third-order valence-corrected chi connectivity index (χ3v) is 4.73. The van der Waals surface area contributed by atoms with Gasteiger partial charge in [0.1, 0.15) is 11.9 Å². The van der Waals surface area contributed by atoms with Crippen LogP contribution >= 0.6 is 0 Å². The Morgan fingerprint density at radius 1 is 1.11 bits per heavy atom. The van der Waals surface area contributed by atoms with Gasteiger partial charge in [-0.2, -0.15) is 0 Å². The molecule has 0 saturated heterocycles. The molecule has 0 spiro atoms. The van der Waals surface area contributed by atoms with Crippen LogP contribution in [0.2, 0.25) is 0 Å². The van der Waals surface area contributed by atoms with Crippen molar-refractivity contribution in [3.63, 3.8) is 0 Å². The van der Waals surface area contributed by atoms with Gasteiger partial charge in [0.2, 0.25) is 0 Å². The number of cyclic esters (lactones) is 1. The summed E-state index contributed by atoms with van der Waals surface area (Å²) in [6.07, 6.45) is 1.78. The number of ether oxygens (including phenoxy) is 1. The number of benzene rings is 2. The van der Waals surface area contributed by atoms with E-state index in [9.17, 15) is 9.59 Å². The highest BCUT2D eigenvalue weighted by atomic mass is 16.5. The van der Waals surface area contributed by atoms with E-state index in [0.29, 0.717) is 23.3 Å². The Kier molecular flexibility index (Phi) is 4.50. The van der Waals surface area contributed by atoms with Gasteiger partial charge in [-0.3, -0.25) is 4.79 Å². The molecule has 1 aromatic heterocycles. The summed E-state index contributed by atoms with van der Waals surface area (Å²) >= 11 is 0. The van der Waals surface area contributed by atoms with Crippen LogP contribution in [-0.2, 0) is 11.2 Å². The van der Waals surface area contributed by atoms with Gasteiger partial charge in [-0.15, -0.1) is 0 Å². The van der Waals surface area contributed by atoms with Gasteiger partial charge < -0.3 is 14.5 Å². The van der Waals surface area contributed by atoms with Crippen molar-refractivity contribution < 1.29 is 18.7 Å². The van der Waals surface area contributed by atoms with E-state index in [2.05, 4.69) is 5.32 Å². The summed E-state index contributed by atoms with van der Waals surface area (Å²) < 4.78 is 10.9. The topological polar surface area (TPSA) is 68.5 Å². The normalized spacial score (nSPS) is 16.9. The van der Waals surface area contributed by atoms with E-state index < -0.39 is 0 Å². The molecular weight excluding hydrogens is 342 g/mol. The first-order chi connectivity index (χ1) is 13.1. The van der Waals surface area contributed by atoms with Crippen molar-refractivity contribution in [3.05, 3.63) is 94.9 Å². The number of hydrogen-bond acceptors (Lipinski definition) is 4. The molecule has 1 aliphatic rings. The molecular formula is C22H19NO4. The Morgan fingerprint density at radius 3 is 2.67 bits per heavy atom. The van der Waals surface area contributed by atoms with Crippen LogP contribution in [0.3, 0.4) is 0 Å². The minimum atomic E-state index is -0.360. The lowest BCUT2D eigenvalue weighted by Crippen LogP contribution is -2.27. The summed E-state index contributed by atoms with van der Waals surface area (Å²) in [5, 5.41) is 2.91. The number of furan rings is 1. The van der Waals surface area contributed by atoms with Crippen LogP contribution in [0.15, 0.2) is 71.3 Å². The standard InChI is InChI=1S/C22H19NO4/c1-14(19-8-5-11-26-19)23-21(24)16-9-10-18-17(12-16)13-20(27-22(18)25)15-6-3-2-4-7-15/h2-12,14,20H,13H2,1H3,(H,23,24)/t14-,20+/m1/s1. The fourth-order valence-corrected chi connectivity index (χ4v) is 3.28. The monoisotopic (exact) mass is 361 g/mol. The molecule has 2 atom stereocenters. The Labute approximate surface area is 157 Å². The first kappa shape index (κ1) is 17.1. The van der Waals surface area contributed by atoms with Gasteiger partial charge in [0.15, 0.2) is 0 Å². The van der Waals surface area contributed by atoms with Gasteiger partial charge in [0.05, 0.1) is 17.9 Å². The van der Waals surface area contributed by atoms with Gasteiger partial charge in [0.25, 0.3) is 5.91 Å². The van der Waals surface area contributed by atoms with Crippen LogP contribution in [0, 0.1) is 0 Å². The minimum absolute atomic E-state index is 0.211. The molecule has 1 amide bonds. The summed E-state index contributed by atoms with van der Waals surface area (Å²) in [6, 6.07) is 18.1. The maximum Gasteiger partial charge on any atom is 0.339 e. The second kappa shape index (κ2) is 7.11. The Hall–Kier alpha value is -3.34. The lowest BCUT2D eigenvalue weighted by molar-refractivity contribution is 0.0252. The van der Waals surface area contributed by atoms with Crippen molar-refractivity contribution >= 4 is 11.9 Å². The second-order valence-corrected chi connectivity index (χ2v) is 6.59. The molecule has 0 saturated carbocycles. The average Bonchev–Trinajstić information content (AvgIpc) is 3.23.